The third-order valence-corrected chi connectivity index (χ3v) is 5.30. The summed E-state index contributed by atoms with van der Waals surface area (Å²) >= 11 is 1.49. The van der Waals surface area contributed by atoms with Gasteiger partial charge in [-0.25, -0.2) is 4.98 Å². The Morgan fingerprint density at radius 3 is 2.95 bits per heavy atom. The summed E-state index contributed by atoms with van der Waals surface area (Å²) in [6, 6.07) is 0. The maximum absolute atomic E-state index is 12.4. The van der Waals surface area contributed by atoms with Crippen molar-refractivity contribution in [3.05, 3.63) is 16.1 Å². The molecule has 3 rings (SSSR count). The highest BCUT2D eigenvalue weighted by atomic mass is 32.1. The van der Waals surface area contributed by atoms with Crippen LogP contribution in [0, 0.1) is 5.41 Å². The molecule has 110 valence electrons. The number of likely N-dealkylation sites (tertiary alicyclic amines) is 1. The highest BCUT2D eigenvalue weighted by molar-refractivity contribution is 7.09. The van der Waals surface area contributed by atoms with E-state index < -0.39 is 0 Å². The van der Waals surface area contributed by atoms with E-state index in [0.29, 0.717) is 17.7 Å². The zero-order chi connectivity index (χ0) is 14.0. The first kappa shape index (κ1) is 14.0. The van der Waals surface area contributed by atoms with Crippen LogP contribution in [0.1, 0.15) is 34.8 Å². The van der Waals surface area contributed by atoms with Gasteiger partial charge in [-0.3, -0.25) is 4.79 Å². The number of hydrogen-bond acceptors (Lipinski definition) is 5. The number of hydrogen-bond donors (Lipinski definition) is 1. The van der Waals surface area contributed by atoms with Gasteiger partial charge in [0.1, 0.15) is 10.7 Å². The molecule has 2 saturated heterocycles. The van der Waals surface area contributed by atoms with Crippen molar-refractivity contribution in [1.29, 1.82) is 0 Å². The minimum Gasteiger partial charge on any atom is -0.378 e. The Hall–Kier alpha value is -0.980. The minimum atomic E-state index is 0.0735. The molecule has 2 aliphatic rings. The quantitative estimate of drug-likeness (QED) is 0.918. The second-order valence-electron chi connectivity index (χ2n) is 5.78. The molecule has 1 spiro atoms. The van der Waals surface area contributed by atoms with Crippen molar-refractivity contribution >= 4 is 17.2 Å². The van der Waals surface area contributed by atoms with Crippen molar-refractivity contribution in [1.82, 2.24) is 15.2 Å². The Morgan fingerprint density at radius 1 is 1.50 bits per heavy atom. The van der Waals surface area contributed by atoms with Crippen LogP contribution in [-0.4, -0.2) is 49.1 Å². The van der Waals surface area contributed by atoms with Crippen molar-refractivity contribution in [3.63, 3.8) is 0 Å². The first-order chi connectivity index (χ1) is 9.72. The molecule has 0 saturated carbocycles. The van der Waals surface area contributed by atoms with E-state index in [1.807, 2.05) is 10.3 Å². The predicted molar refractivity (Wildman–Crippen MR) is 77.9 cm³/mol. The number of nitrogens with zero attached hydrogens (tertiary/aromatic N) is 2. The molecule has 3 heterocycles. The van der Waals surface area contributed by atoms with E-state index in [9.17, 15) is 4.79 Å². The van der Waals surface area contributed by atoms with Gasteiger partial charge in [0, 0.05) is 32.1 Å². The largest absolute Gasteiger partial charge is 0.378 e. The zero-order valence-corrected chi connectivity index (χ0v) is 12.7. The molecule has 1 N–H and O–H groups in total. The molecule has 1 amide bonds. The number of piperidine rings is 1. The Labute approximate surface area is 123 Å². The number of nitrogens with one attached hydrogen (secondary N) is 1. The standard InChI is InChI=1S/C14H21N3O2S/c1-19-8-12-16-11(9-20-12)13(18)17-6-3-14(4-7-17)2-5-15-10-14/h9,15H,2-8,10H2,1H3. The van der Waals surface area contributed by atoms with Crippen LogP contribution in [0.25, 0.3) is 0 Å². The van der Waals surface area contributed by atoms with Crippen LogP contribution in [-0.2, 0) is 11.3 Å². The lowest BCUT2D eigenvalue weighted by molar-refractivity contribution is 0.0602. The van der Waals surface area contributed by atoms with Crippen LogP contribution in [0.3, 0.4) is 0 Å². The van der Waals surface area contributed by atoms with Crippen molar-refractivity contribution in [2.45, 2.75) is 25.9 Å². The van der Waals surface area contributed by atoms with Crippen LogP contribution in [0.2, 0.25) is 0 Å². The van der Waals surface area contributed by atoms with Gasteiger partial charge in [-0.1, -0.05) is 0 Å². The Bertz CT molecular complexity index is 473. The molecule has 0 aromatic carbocycles. The third-order valence-electron chi connectivity index (χ3n) is 4.48. The van der Waals surface area contributed by atoms with E-state index in [2.05, 4.69) is 10.3 Å². The molecule has 1 aromatic heterocycles. The first-order valence-electron chi connectivity index (χ1n) is 7.16. The van der Waals surface area contributed by atoms with E-state index in [-0.39, 0.29) is 5.91 Å². The number of carbonyl (C=O) groups excluding carboxylic acids is 1. The predicted octanol–water partition coefficient (Wildman–Crippen LogP) is 1.51. The fourth-order valence-corrected chi connectivity index (χ4v) is 3.91. The Morgan fingerprint density at radius 2 is 2.30 bits per heavy atom. The topological polar surface area (TPSA) is 54.5 Å². The highest BCUT2D eigenvalue weighted by Gasteiger charge is 2.38. The van der Waals surface area contributed by atoms with Gasteiger partial charge in [0.15, 0.2) is 0 Å². The summed E-state index contributed by atoms with van der Waals surface area (Å²) in [5.41, 5.74) is 1.02. The summed E-state index contributed by atoms with van der Waals surface area (Å²) in [6.07, 6.45) is 3.48. The molecule has 0 bridgehead atoms. The van der Waals surface area contributed by atoms with Crippen molar-refractivity contribution in [2.75, 3.05) is 33.3 Å². The highest BCUT2D eigenvalue weighted by Crippen LogP contribution is 2.37. The van der Waals surface area contributed by atoms with E-state index in [0.717, 1.165) is 44.0 Å². The second kappa shape index (κ2) is 5.79. The third kappa shape index (κ3) is 2.73. The fourth-order valence-electron chi connectivity index (χ4n) is 3.17. The summed E-state index contributed by atoms with van der Waals surface area (Å²) < 4.78 is 5.05. The minimum absolute atomic E-state index is 0.0735. The molecule has 2 aliphatic heterocycles. The molecule has 20 heavy (non-hydrogen) atoms. The van der Waals surface area contributed by atoms with Gasteiger partial charge in [-0.2, -0.15) is 0 Å². The van der Waals surface area contributed by atoms with Gasteiger partial charge >= 0.3 is 0 Å². The molecule has 6 heteroatoms. The van der Waals surface area contributed by atoms with Crippen LogP contribution < -0.4 is 5.32 Å². The fraction of sp³-hybridized carbons (Fsp3) is 0.714. The SMILES string of the molecule is COCc1nc(C(=O)N2CCC3(CCNC3)CC2)cs1. The van der Waals surface area contributed by atoms with Gasteiger partial charge in [0.25, 0.3) is 5.91 Å². The monoisotopic (exact) mass is 295 g/mol. The van der Waals surface area contributed by atoms with Crippen molar-refractivity contribution in [2.24, 2.45) is 5.41 Å². The average Bonchev–Trinajstić information content (AvgIpc) is 3.10. The lowest BCUT2D eigenvalue weighted by Crippen LogP contribution is -2.44. The molecule has 5 nitrogen and oxygen atoms in total. The average molecular weight is 295 g/mol. The van der Waals surface area contributed by atoms with Gasteiger partial charge < -0.3 is 15.0 Å². The van der Waals surface area contributed by atoms with Crippen molar-refractivity contribution in [3.8, 4) is 0 Å². The summed E-state index contributed by atoms with van der Waals surface area (Å²) in [5.74, 6) is 0.0735. The van der Waals surface area contributed by atoms with E-state index in [1.165, 1.54) is 17.8 Å². The number of thiazole rings is 1. The van der Waals surface area contributed by atoms with Crippen molar-refractivity contribution < 1.29 is 9.53 Å². The first-order valence-corrected chi connectivity index (χ1v) is 8.04. The van der Waals surface area contributed by atoms with E-state index >= 15 is 0 Å². The number of amides is 1. The van der Waals surface area contributed by atoms with Crippen LogP contribution in [0.4, 0.5) is 0 Å². The molecule has 0 radical (unpaired) electrons. The number of carbonyl (C=O) groups is 1. The molecule has 2 fully saturated rings. The number of methoxy groups -OCH3 is 1. The molecule has 0 atom stereocenters. The van der Waals surface area contributed by atoms with Crippen LogP contribution >= 0.6 is 11.3 Å². The Kier molecular flexibility index (Phi) is 4.05. The molecular weight excluding hydrogens is 274 g/mol. The summed E-state index contributed by atoms with van der Waals surface area (Å²) in [5, 5.41) is 6.16. The summed E-state index contributed by atoms with van der Waals surface area (Å²) in [6.45, 7) is 4.44. The molecule has 1 aromatic rings. The molecule has 0 aliphatic carbocycles. The van der Waals surface area contributed by atoms with Gasteiger partial charge in [0.2, 0.25) is 0 Å². The van der Waals surface area contributed by atoms with E-state index in [1.54, 1.807) is 7.11 Å². The number of ether oxygens (including phenoxy) is 1. The van der Waals surface area contributed by atoms with Gasteiger partial charge in [-0.05, 0) is 31.2 Å². The lowest BCUT2D eigenvalue weighted by Gasteiger charge is -2.38. The normalized spacial score (nSPS) is 21.6. The zero-order valence-electron chi connectivity index (χ0n) is 11.9. The maximum atomic E-state index is 12.4. The van der Waals surface area contributed by atoms with Crippen LogP contribution in [0.5, 0.6) is 0 Å². The van der Waals surface area contributed by atoms with Crippen LogP contribution in [0.15, 0.2) is 5.38 Å². The molecule has 0 unspecified atom stereocenters. The maximum Gasteiger partial charge on any atom is 0.273 e. The van der Waals surface area contributed by atoms with Gasteiger partial charge in [-0.15, -0.1) is 11.3 Å². The second-order valence-corrected chi connectivity index (χ2v) is 6.72. The smallest absolute Gasteiger partial charge is 0.273 e. The lowest BCUT2D eigenvalue weighted by atomic mass is 9.78. The van der Waals surface area contributed by atoms with Gasteiger partial charge in [0.05, 0.1) is 6.61 Å². The van der Waals surface area contributed by atoms with E-state index in [4.69, 9.17) is 4.74 Å². The number of aromatic nitrogens is 1. The summed E-state index contributed by atoms with van der Waals surface area (Å²) in [7, 11) is 1.64. The molecular formula is C14H21N3O2S. The number of rotatable bonds is 3. The summed E-state index contributed by atoms with van der Waals surface area (Å²) in [4.78, 5) is 18.7. The Balaban J connectivity index is 1.60.